The van der Waals surface area contributed by atoms with Crippen molar-refractivity contribution in [2.24, 2.45) is 0 Å². The molecule has 0 aliphatic rings. The van der Waals surface area contributed by atoms with Crippen molar-refractivity contribution in [3.8, 4) is 11.5 Å². The van der Waals surface area contributed by atoms with Gasteiger partial charge in [0.1, 0.15) is 17.1 Å². The molecule has 7 nitrogen and oxygen atoms in total. The molecule has 0 amide bonds. The van der Waals surface area contributed by atoms with E-state index in [1.54, 1.807) is 24.5 Å². The summed E-state index contributed by atoms with van der Waals surface area (Å²) in [6.07, 6.45) is 2.11. The molecule has 0 aliphatic heterocycles. The average molecular weight is 301 g/mol. The van der Waals surface area contributed by atoms with Crippen LogP contribution in [0.5, 0.6) is 0 Å². The lowest BCUT2D eigenvalue weighted by Crippen LogP contribution is -2.09. The lowest BCUT2D eigenvalue weighted by Gasteiger charge is -2.02. The van der Waals surface area contributed by atoms with Gasteiger partial charge in [-0.1, -0.05) is 5.16 Å². The topological polar surface area (TPSA) is 94.2 Å². The third-order valence-corrected chi connectivity index (χ3v) is 3.34. The number of H-pyrrole nitrogens is 1. The molecule has 0 bridgehead atoms. The Morgan fingerprint density at radius 1 is 1.41 bits per heavy atom. The third kappa shape index (κ3) is 2.78. The summed E-state index contributed by atoms with van der Waals surface area (Å²) in [5.41, 5.74) is 2.62. The minimum atomic E-state index is -0.461. The molecule has 0 aliphatic carbocycles. The average Bonchev–Trinajstić information content (AvgIpc) is 3.22. The molecule has 1 N–H and O–H groups in total. The Bertz CT molecular complexity index is 751. The summed E-state index contributed by atoms with van der Waals surface area (Å²) >= 11 is 0. The number of rotatable bonds is 5. The number of ether oxygens (including phenoxy) is 1. The monoisotopic (exact) mass is 301 g/mol. The fourth-order valence-corrected chi connectivity index (χ4v) is 2.16. The third-order valence-electron chi connectivity index (χ3n) is 3.34. The number of aromatic amines is 1. The van der Waals surface area contributed by atoms with Gasteiger partial charge >= 0.3 is 5.97 Å². The van der Waals surface area contributed by atoms with E-state index in [1.807, 2.05) is 13.8 Å². The molecule has 3 aromatic heterocycles. The molecule has 0 saturated carbocycles. The summed E-state index contributed by atoms with van der Waals surface area (Å²) in [7, 11) is 0. The first-order valence-electron chi connectivity index (χ1n) is 6.83. The molecule has 0 fully saturated rings. The number of hydrogen-bond donors (Lipinski definition) is 1. The van der Waals surface area contributed by atoms with E-state index < -0.39 is 5.97 Å². The molecule has 3 aromatic rings. The first kappa shape index (κ1) is 14.1. The van der Waals surface area contributed by atoms with Crippen LogP contribution in [0.25, 0.3) is 11.5 Å². The highest BCUT2D eigenvalue weighted by atomic mass is 16.5. The fourth-order valence-electron chi connectivity index (χ4n) is 2.16. The second kappa shape index (κ2) is 5.88. The lowest BCUT2D eigenvalue weighted by atomic mass is 10.1. The molecule has 114 valence electrons. The molecule has 0 radical (unpaired) electrons. The van der Waals surface area contributed by atoms with Crippen LogP contribution in [0.1, 0.15) is 27.5 Å². The zero-order valence-electron chi connectivity index (χ0n) is 12.3. The Morgan fingerprint density at radius 3 is 2.95 bits per heavy atom. The van der Waals surface area contributed by atoms with E-state index in [-0.39, 0.29) is 12.3 Å². The van der Waals surface area contributed by atoms with E-state index in [0.29, 0.717) is 17.9 Å². The van der Waals surface area contributed by atoms with Gasteiger partial charge in [-0.15, -0.1) is 0 Å². The Kier molecular flexibility index (Phi) is 3.78. The summed E-state index contributed by atoms with van der Waals surface area (Å²) in [5, 5.41) is 10.5. The summed E-state index contributed by atoms with van der Waals surface area (Å²) in [6, 6.07) is 5.12. The molecule has 0 atom stereocenters. The van der Waals surface area contributed by atoms with Gasteiger partial charge in [-0.25, -0.2) is 4.79 Å². The highest BCUT2D eigenvalue weighted by Gasteiger charge is 2.15. The molecule has 7 heteroatoms. The van der Waals surface area contributed by atoms with Gasteiger partial charge in [0.25, 0.3) is 0 Å². The number of aromatic nitrogens is 3. The maximum atomic E-state index is 12.0. The molecule has 0 spiro atoms. The van der Waals surface area contributed by atoms with Crippen LogP contribution < -0.4 is 0 Å². The maximum Gasteiger partial charge on any atom is 0.356 e. The summed E-state index contributed by atoms with van der Waals surface area (Å²) < 4.78 is 15.5. The number of carbonyl (C=O) groups excluding carboxylic acids is 1. The Balaban J connectivity index is 1.59. The Labute approximate surface area is 126 Å². The van der Waals surface area contributed by atoms with E-state index in [1.165, 1.54) is 0 Å². The number of esters is 1. The van der Waals surface area contributed by atoms with Gasteiger partial charge < -0.3 is 13.7 Å². The molecule has 0 unspecified atom stereocenters. The Hall–Kier alpha value is -2.83. The van der Waals surface area contributed by atoms with Crippen molar-refractivity contribution in [3.63, 3.8) is 0 Å². The molecule has 22 heavy (non-hydrogen) atoms. The summed E-state index contributed by atoms with van der Waals surface area (Å²) in [5.74, 6) is 0.873. The van der Waals surface area contributed by atoms with Gasteiger partial charge in [0.15, 0.2) is 5.76 Å². The van der Waals surface area contributed by atoms with Crippen molar-refractivity contribution >= 4 is 5.97 Å². The number of hydrogen-bond acceptors (Lipinski definition) is 6. The smallest absolute Gasteiger partial charge is 0.356 e. The number of aryl methyl sites for hydroxylation is 2. The van der Waals surface area contributed by atoms with Crippen molar-refractivity contribution in [2.45, 2.75) is 20.3 Å². The predicted octanol–water partition coefficient (Wildman–Crippen LogP) is 2.67. The number of furan rings is 1. The zero-order chi connectivity index (χ0) is 15.5. The first-order valence-corrected chi connectivity index (χ1v) is 6.83. The summed E-state index contributed by atoms with van der Waals surface area (Å²) in [4.78, 5) is 12.0. The van der Waals surface area contributed by atoms with E-state index in [9.17, 15) is 4.79 Å². The normalized spacial score (nSPS) is 10.8. The largest absolute Gasteiger partial charge is 0.463 e. The molecule has 0 aromatic carbocycles. The van der Waals surface area contributed by atoms with Gasteiger partial charge in [0.2, 0.25) is 0 Å². The van der Waals surface area contributed by atoms with E-state index in [2.05, 4.69) is 15.4 Å². The summed E-state index contributed by atoms with van der Waals surface area (Å²) in [6.45, 7) is 3.94. The molecule has 3 rings (SSSR count). The van der Waals surface area contributed by atoms with Gasteiger partial charge in [0, 0.05) is 18.1 Å². The SMILES string of the molecule is Cc1noc(C)c1CCOC(=O)c1cc(-c2ccco2)n[nH]1. The van der Waals surface area contributed by atoms with Gasteiger partial charge in [-0.3, -0.25) is 5.10 Å². The second-order valence-corrected chi connectivity index (χ2v) is 4.83. The Morgan fingerprint density at radius 2 is 2.27 bits per heavy atom. The van der Waals surface area contributed by atoms with Gasteiger partial charge in [-0.2, -0.15) is 5.10 Å². The van der Waals surface area contributed by atoms with Crippen LogP contribution in [0.15, 0.2) is 33.4 Å². The van der Waals surface area contributed by atoms with Gasteiger partial charge in [-0.05, 0) is 26.0 Å². The van der Waals surface area contributed by atoms with E-state index in [0.717, 1.165) is 17.0 Å². The first-order chi connectivity index (χ1) is 10.6. The van der Waals surface area contributed by atoms with Crippen molar-refractivity contribution in [1.82, 2.24) is 15.4 Å². The predicted molar refractivity (Wildman–Crippen MR) is 76.3 cm³/mol. The highest BCUT2D eigenvalue weighted by Crippen LogP contribution is 2.18. The minimum absolute atomic E-state index is 0.247. The maximum absolute atomic E-state index is 12.0. The quantitative estimate of drug-likeness (QED) is 0.728. The standard InChI is InChI=1S/C15H15N3O4/c1-9-11(10(2)22-18-9)5-7-21-15(19)13-8-12(16-17-13)14-4-3-6-20-14/h3-4,6,8H,5,7H2,1-2H3,(H,16,17). The fraction of sp³-hybridized carbons (Fsp3) is 0.267. The lowest BCUT2D eigenvalue weighted by molar-refractivity contribution is 0.0502. The second-order valence-electron chi connectivity index (χ2n) is 4.83. The van der Waals surface area contributed by atoms with Crippen molar-refractivity contribution in [3.05, 3.63) is 47.2 Å². The van der Waals surface area contributed by atoms with Crippen LogP contribution in [0.4, 0.5) is 0 Å². The number of carbonyl (C=O) groups is 1. The van der Waals surface area contributed by atoms with Crippen molar-refractivity contribution < 1.29 is 18.5 Å². The van der Waals surface area contributed by atoms with Crippen LogP contribution >= 0.6 is 0 Å². The molecular weight excluding hydrogens is 286 g/mol. The molecule has 3 heterocycles. The van der Waals surface area contributed by atoms with Crippen LogP contribution in [0.3, 0.4) is 0 Å². The zero-order valence-corrected chi connectivity index (χ0v) is 12.3. The number of nitrogens with one attached hydrogen (secondary N) is 1. The van der Waals surface area contributed by atoms with Crippen LogP contribution in [-0.4, -0.2) is 27.9 Å². The van der Waals surface area contributed by atoms with E-state index in [4.69, 9.17) is 13.7 Å². The molecule has 0 saturated heterocycles. The van der Waals surface area contributed by atoms with Crippen LogP contribution in [0.2, 0.25) is 0 Å². The van der Waals surface area contributed by atoms with Crippen molar-refractivity contribution in [2.75, 3.05) is 6.61 Å². The van der Waals surface area contributed by atoms with Gasteiger partial charge in [0.05, 0.1) is 18.6 Å². The van der Waals surface area contributed by atoms with Crippen LogP contribution in [0, 0.1) is 13.8 Å². The van der Waals surface area contributed by atoms with Crippen molar-refractivity contribution in [1.29, 1.82) is 0 Å². The number of nitrogens with zero attached hydrogens (tertiary/aromatic N) is 2. The molecular formula is C15H15N3O4. The van der Waals surface area contributed by atoms with E-state index >= 15 is 0 Å². The van der Waals surface area contributed by atoms with Crippen LogP contribution in [-0.2, 0) is 11.2 Å². The minimum Gasteiger partial charge on any atom is -0.463 e. The highest BCUT2D eigenvalue weighted by molar-refractivity contribution is 5.88.